The molecule has 0 fully saturated rings. The molecule has 14 heavy (non-hydrogen) atoms. The summed E-state index contributed by atoms with van der Waals surface area (Å²) in [6.07, 6.45) is 7.92. The summed E-state index contributed by atoms with van der Waals surface area (Å²) in [6.45, 7) is 0. The molecule has 0 atom stereocenters. The zero-order valence-electron chi connectivity index (χ0n) is 11.3. The topological polar surface area (TPSA) is 0 Å². The fourth-order valence-corrected chi connectivity index (χ4v) is 8.57. The van der Waals surface area contributed by atoms with Gasteiger partial charge in [0.25, 0.3) is 0 Å². The number of rotatable bonds is 1. The Morgan fingerprint density at radius 1 is 0.857 bits per heavy atom. The van der Waals surface area contributed by atoms with Crippen LogP contribution in [0.25, 0.3) is 0 Å². The molecule has 0 spiro atoms. The molecule has 0 amide bonds. The summed E-state index contributed by atoms with van der Waals surface area (Å²) >= 11 is 0. The summed E-state index contributed by atoms with van der Waals surface area (Å²) in [5.74, 6) is 0. The average Bonchev–Trinajstić information content (AvgIpc) is 1.95. The number of hydrogen-bond acceptors (Lipinski definition) is 0. The van der Waals surface area contributed by atoms with E-state index in [0.717, 1.165) is 6.42 Å². The fourth-order valence-electron chi connectivity index (χ4n) is 1.35. The van der Waals surface area contributed by atoms with E-state index in [-0.39, 0.29) is 0 Å². The van der Waals surface area contributed by atoms with Crippen molar-refractivity contribution in [3.05, 3.63) is 22.2 Å². The van der Waals surface area contributed by atoms with Crippen LogP contribution in [-0.2, 0) is 9.80 Å². The number of hydrogen-bond donors (Lipinski definition) is 0. The molecule has 0 saturated heterocycles. The van der Waals surface area contributed by atoms with Crippen molar-refractivity contribution in [2.24, 2.45) is 0 Å². The first-order chi connectivity index (χ1) is 5.18. The van der Waals surface area contributed by atoms with E-state index < -0.39 is 9.80 Å². The maximum absolute atomic E-state index is 4.21. The van der Waals surface area contributed by atoms with Crippen LogP contribution in [0.4, 0.5) is 0 Å². The Morgan fingerprint density at radius 2 is 1.29 bits per heavy atom. The average molecular weight is 380 g/mol. The van der Waals surface area contributed by atoms with Gasteiger partial charge in [0.15, 0.2) is 0 Å². The molecule has 0 aromatic heterocycles. The van der Waals surface area contributed by atoms with Gasteiger partial charge in [-0.25, -0.2) is 0 Å². The van der Waals surface area contributed by atoms with Crippen LogP contribution in [0.3, 0.4) is 0 Å². The third kappa shape index (κ3) is 2.83. The summed E-state index contributed by atoms with van der Waals surface area (Å²) < 4.78 is 1.61. The monoisotopic (exact) mass is 380 g/mol. The van der Waals surface area contributed by atoms with Crippen LogP contribution in [0.15, 0.2) is 22.2 Å². The molecule has 0 bridgehead atoms. The van der Waals surface area contributed by atoms with E-state index in [1.165, 1.54) is 0 Å². The first-order valence-electron chi connectivity index (χ1n) is 4.41. The van der Waals surface area contributed by atoms with Crippen LogP contribution >= 0.6 is 0 Å². The Hall–Kier alpha value is 0.168. The second kappa shape index (κ2) is 1.05. The molecule has 1 rings (SSSR count). The first kappa shape index (κ1) is 12.2. The molecule has 0 saturated carbocycles. The van der Waals surface area contributed by atoms with Gasteiger partial charge in [-0.05, 0) is 0 Å². The SMILES string of the molecule is [CH3][Pt]([CH3])([CH3])([CH3])([CH3])([CH3])([CH3])([CH3])[C]1=CC=CC1. The van der Waals surface area contributed by atoms with Gasteiger partial charge in [-0.3, -0.25) is 0 Å². The van der Waals surface area contributed by atoms with Crippen molar-refractivity contribution >= 4 is 0 Å². The van der Waals surface area contributed by atoms with Crippen molar-refractivity contribution < 1.29 is 9.80 Å². The van der Waals surface area contributed by atoms with Crippen molar-refractivity contribution in [3.8, 4) is 0 Å². The van der Waals surface area contributed by atoms with Gasteiger partial charge in [-0.15, -0.1) is 0 Å². The molecule has 1 aliphatic rings. The summed E-state index contributed by atoms with van der Waals surface area (Å²) in [6, 6.07) is 0. The minimum atomic E-state index is -4.21. The van der Waals surface area contributed by atoms with E-state index in [1.54, 1.807) is 3.96 Å². The van der Waals surface area contributed by atoms with Crippen LogP contribution < -0.4 is 0 Å². The molecule has 91 valence electrons. The van der Waals surface area contributed by atoms with Crippen molar-refractivity contribution in [1.29, 1.82) is 0 Å². The normalized spacial score (nSPS) is 32.6. The standard InChI is InChI=1S/C5H5.8CH3.Pt/c1-2-4-5-3-1;;;;;;;;;/h1-3H,4H2;8*1H3;. The molecule has 0 nitrogen and oxygen atoms in total. The van der Waals surface area contributed by atoms with Gasteiger partial charge in [-0.2, -0.15) is 0 Å². The van der Waals surface area contributed by atoms with Crippen LogP contribution in [0, 0.1) is 0 Å². The van der Waals surface area contributed by atoms with E-state index in [1.807, 2.05) is 0 Å². The third-order valence-corrected chi connectivity index (χ3v) is 14.8. The van der Waals surface area contributed by atoms with Gasteiger partial charge in [0, 0.05) is 0 Å². The molecular formula is C13H29Pt. The first-order valence-corrected chi connectivity index (χ1v) is 23.7. The molecule has 0 aromatic carbocycles. The van der Waals surface area contributed by atoms with Crippen molar-refractivity contribution in [3.63, 3.8) is 0 Å². The van der Waals surface area contributed by atoms with Gasteiger partial charge in [0.1, 0.15) is 0 Å². The van der Waals surface area contributed by atoms with Gasteiger partial charge in [-0.1, -0.05) is 0 Å². The Labute approximate surface area is 80.9 Å². The van der Waals surface area contributed by atoms with Gasteiger partial charge >= 0.3 is 80.9 Å². The van der Waals surface area contributed by atoms with E-state index in [2.05, 4.69) is 60.7 Å². The molecule has 0 heterocycles. The molecule has 0 N–H and O–H groups in total. The summed E-state index contributed by atoms with van der Waals surface area (Å²) in [5, 5.41) is 20.1. The van der Waals surface area contributed by atoms with Crippen LogP contribution in [0.5, 0.6) is 0 Å². The second-order valence-electron chi connectivity index (χ2n) is 11.3. The Morgan fingerprint density at radius 3 is 1.43 bits per heavy atom. The van der Waals surface area contributed by atoms with E-state index in [0.29, 0.717) is 0 Å². The Balaban J connectivity index is 3.94. The van der Waals surface area contributed by atoms with Gasteiger partial charge in [0.2, 0.25) is 0 Å². The van der Waals surface area contributed by atoms with E-state index in [9.17, 15) is 0 Å². The van der Waals surface area contributed by atoms with Crippen LogP contribution in [0.1, 0.15) is 6.42 Å². The molecule has 0 aliphatic heterocycles. The van der Waals surface area contributed by atoms with Crippen LogP contribution in [0.2, 0.25) is 42.5 Å². The zero-order valence-corrected chi connectivity index (χ0v) is 13.5. The Kier molecular flexibility index (Phi) is 0.915. The summed E-state index contributed by atoms with van der Waals surface area (Å²) in [4.78, 5) is 0. The van der Waals surface area contributed by atoms with Crippen molar-refractivity contribution in [1.82, 2.24) is 0 Å². The Bertz CT molecular complexity index is 401. The predicted octanol–water partition coefficient (Wildman–Crippen LogP) is 6.05. The van der Waals surface area contributed by atoms with E-state index >= 15 is 0 Å². The summed E-state index contributed by atoms with van der Waals surface area (Å²) in [5.41, 5.74) is 0. The summed E-state index contributed by atoms with van der Waals surface area (Å²) in [7, 11) is -4.21. The van der Waals surface area contributed by atoms with Gasteiger partial charge < -0.3 is 0 Å². The van der Waals surface area contributed by atoms with Crippen molar-refractivity contribution in [2.75, 3.05) is 0 Å². The minimum absolute atomic E-state index is 1.11. The molecule has 1 aliphatic carbocycles. The third-order valence-electron chi connectivity index (χ3n) is 2.33. The van der Waals surface area contributed by atoms with Gasteiger partial charge in [0.05, 0.1) is 0 Å². The number of allylic oxidation sites excluding steroid dienone is 4. The molecular weight excluding hydrogens is 351 g/mol. The zero-order chi connectivity index (χ0) is 11.7. The second-order valence-corrected chi connectivity index (χ2v) is 85.5. The fraction of sp³-hybridized carbons (Fsp3) is 0.692. The van der Waals surface area contributed by atoms with Crippen molar-refractivity contribution in [2.45, 2.75) is 48.9 Å². The maximum atomic E-state index is 2.51. The molecule has 0 aromatic rings. The quantitative estimate of drug-likeness (QED) is 0.520. The predicted molar refractivity (Wildman–Crippen MR) is 68.8 cm³/mol. The van der Waals surface area contributed by atoms with Crippen LogP contribution in [-0.4, -0.2) is 0 Å². The molecule has 0 unspecified atom stereocenters. The van der Waals surface area contributed by atoms with E-state index in [4.69, 9.17) is 0 Å². The molecule has 1 heteroatoms. The molecule has 0 radical (unpaired) electrons.